The minimum atomic E-state index is 0.276. The molecule has 0 aromatic heterocycles. The van der Waals surface area contributed by atoms with Gasteiger partial charge in [0.2, 0.25) is 0 Å². The second-order valence-electron chi connectivity index (χ2n) is 5.33. The average Bonchev–Trinajstić information content (AvgIpc) is 2.26. The van der Waals surface area contributed by atoms with Gasteiger partial charge in [-0.25, -0.2) is 0 Å². The molecule has 2 rings (SSSR count). The molecule has 3 nitrogen and oxygen atoms in total. The Kier molecular flexibility index (Phi) is 3.69. The van der Waals surface area contributed by atoms with Gasteiger partial charge in [0.25, 0.3) is 0 Å². The number of rotatable bonds is 2. The van der Waals surface area contributed by atoms with Crippen LogP contribution in [0.5, 0.6) is 5.75 Å². The highest BCUT2D eigenvalue weighted by Crippen LogP contribution is 2.27. The van der Waals surface area contributed by atoms with Gasteiger partial charge in [0.05, 0.1) is 0 Å². The lowest BCUT2D eigenvalue weighted by molar-refractivity contribution is 0.124. The Morgan fingerprint density at radius 3 is 2.82 bits per heavy atom. The number of phenols is 1. The SMILES string of the molecule is CC1CC(N)CN(C(C)c2cccc(O)c2)C1. The van der Waals surface area contributed by atoms with Crippen LogP contribution < -0.4 is 5.73 Å². The molecule has 1 fully saturated rings. The lowest BCUT2D eigenvalue weighted by Crippen LogP contribution is -2.47. The molecule has 0 amide bonds. The lowest BCUT2D eigenvalue weighted by atomic mass is 9.94. The summed E-state index contributed by atoms with van der Waals surface area (Å²) >= 11 is 0. The molecule has 1 aromatic rings. The molecule has 3 heteroatoms. The number of aromatic hydroxyl groups is 1. The molecule has 3 unspecified atom stereocenters. The van der Waals surface area contributed by atoms with Crippen LogP contribution in [0.3, 0.4) is 0 Å². The van der Waals surface area contributed by atoms with Crippen molar-refractivity contribution in [2.75, 3.05) is 13.1 Å². The van der Waals surface area contributed by atoms with E-state index in [1.54, 1.807) is 6.07 Å². The maximum atomic E-state index is 9.52. The van der Waals surface area contributed by atoms with E-state index in [1.807, 2.05) is 12.1 Å². The molecule has 1 saturated heterocycles. The molecule has 0 bridgehead atoms. The van der Waals surface area contributed by atoms with Crippen molar-refractivity contribution in [3.05, 3.63) is 29.8 Å². The number of hydrogen-bond acceptors (Lipinski definition) is 3. The number of piperidine rings is 1. The third-order valence-corrected chi connectivity index (χ3v) is 3.62. The smallest absolute Gasteiger partial charge is 0.115 e. The van der Waals surface area contributed by atoms with E-state index < -0.39 is 0 Å². The molecule has 0 saturated carbocycles. The predicted molar refractivity (Wildman–Crippen MR) is 69.9 cm³/mol. The molecular weight excluding hydrogens is 212 g/mol. The Morgan fingerprint density at radius 2 is 2.18 bits per heavy atom. The van der Waals surface area contributed by atoms with Gasteiger partial charge in [-0.1, -0.05) is 19.1 Å². The zero-order valence-corrected chi connectivity index (χ0v) is 10.6. The number of hydrogen-bond donors (Lipinski definition) is 2. The third-order valence-electron chi connectivity index (χ3n) is 3.62. The van der Waals surface area contributed by atoms with E-state index in [-0.39, 0.29) is 6.04 Å². The van der Waals surface area contributed by atoms with E-state index in [4.69, 9.17) is 5.73 Å². The number of phenolic OH excluding ortho intramolecular Hbond substituents is 1. The van der Waals surface area contributed by atoms with Gasteiger partial charge in [0.15, 0.2) is 0 Å². The highest BCUT2D eigenvalue weighted by atomic mass is 16.3. The summed E-state index contributed by atoms with van der Waals surface area (Å²) in [7, 11) is 0. The molecule has 0 aliphatic carbocycles. The summed E-state index contributed by atoms with van der Waals surface area (Å²) in [5, 5.41) is 9.52. The molecule has 3 atom stereocenters. The quantitative estimate of drug-likeness (QED) is 0.824. The first-order valence-corrected chi connectivity index (χ1v) is 6.35. The topological polar surface area (TPSA) is 49.5 Å². The first kappa shape index (κ1) is 12.4. The molecule has 3 N–H and O–H groups in total. The molecule has 1 aromatic carbocycles. The van der Waals surface area contributed by atoms with Crippen LogP contribution in [-0.2, 0) is 0 Å². The Bertz CT molecular complexity index is 370. The summed E-state index contributed by atoms with van der Waals surface area (Å²) in [6.45, 7) is 6.46. The summed E-state index contributed by atoms with van der Waals surface area (Å²) in [6.07, 6.45) is 1.11. The van der Waals surface area contributed by atoms with E-state index in [0.29, 0.717) is 17.7 Å². The van der Waals surface area contributed by atoms with Crippen molar-refractivity contribution in [2.24, 2.45) is 11.7 Å². The van der Waals surface area contributed by atoms with Crippen molar-refractivity contribution < 1.29 is 5.11 Å². The monoisotopic (exact) mass is 234 g/mol. The maximum absolute atomic E-state index is 9.52. The van der Waals surface area contributed by atoms with Gasteiger partial charge < -0.3 is 10.8 Å². The van der Waals surface area contributed by atoms with Crippen LogP contribution in [0.1, 0.15) is 31.9 Å². The fourth-order valence-electron chi connectivity index (χ4n) is 2.75. The van der Waals surface area contributed by atoms with Gasteiger partial charge in [-0.05, 0) is 37.0 Å². The summed E-state index contributed by atoms with van der Waals surface area (Å²) in [6, 6.07) is 8.11. The van der Waals surface area contributed by atoms with Gasteiger partial charge in [0.1, 0.15) is 5.75 Å². The van der Waals surface area contributed by atoms with Gasteiger partial charge in [-0.3, -0.25) is 4.90 Å². The van der Waals surface area contributed by atoms with Crippen molar-refractivity contribution in [3.8, 4) is 5.75 Å². The first-order chi connectivity index (χ1) is 8.06. The number of benzene rings is 1. The van der Waals surface area contributed by atoms with Crippen LogP contribution >= 0.6 is 0 Å². The number of likely N-dealkylation sites (tertiary alicyclic amines) is 1. The standard InChI is InChI=1S/C14H22N2O/c1-10-6-13(15)9-16(8-10)11(2)12-4-3-5-14(17)7-12/h3-5,7,10-11,13,17H,6,8-9,15H2,1-2H3. The highest BCUT2D eigenvalue weighted by molar-refractivity contribution is 5.29. The van der Waals surface area contributed by atoms with Gasteiger partial charge in [-0.2, -0.15) is 0 Å². The van der Waals surface area contributed by atoms with Crippen LogP contribution in [-0.4, -0.2) is 29.1 Å². The lowest BCUT2D eigenvalue weighted by Gasteiger charge is -2.38. The molecule has 94 valence electrons. The van der Waals surface area contributed by atoms with E-state index in [2.05, 4.69) is 24.8 Å². The van der Waals surface area contributed by atoms with Crippen LogP contribution in [0.15, 0.2) is 24.3 Å². The molecule has 1 heterocycles. The maximum Gasteiger partial charge on any atom is 0.115 e. The minimum absolute atomic E-state index is 0.276. The van der Waals surface area contributed by atoms with Crippen LogP contribution in [0.25, 0.3) is 0 Å². The van der Waals surface area contributed by atoms with Gasteiger partial charge in [0, 0.05) is 25.2 Å². The second-order valence-corrected chi connectivity index (χ2v) is 5.33. The Morgan fingerprint density at radius 1 is 1.41 bits per heavy atom. The van der Waals surface area contributed by atoms with E-state index in [1.165, 1.54) is 0 Å². The van der Waals surface area contributed by atoms with Gasteiger partial charge in [-0.15, -0.1) is 0 Å². The molecular formula is C14H22N2O. The fourth-order valence-corrected chi connectivity index (χ4v) is 2.75. The normalized spacial score (nSPS) is 27.9. The summed E-state index contributed by atoms with van der Waals surface area (Å²) in [5.74, 6) is 0.988. The number of nitrogens with two attached hydrogens (primary N) is 1. The molecule has 1 aliphatic heterocycles. The predicted octanol–water partition coefficient (Wildman–Crippen LogP) is 2.12. The second kappa shape index (κ2) is 5.07. The van der Waals surface area contributed by atoms with E-state index >= 15 is 0 Å². The van der Waals surface area contributed by atoms with E-state index in [9.17, 15) is 5.11 Å². The molecule has 17 heavy (non-hydrogen) atoms. The Balaban J connectivity index is 2.11. The van der Waals surface area contributed by atoms with Crippen LogP contribution in [0.2, 0.25) is 0 Å². The number of nitrogens with zero attached hydrogens (tertiary/aromatic N) is 1. The summed E-state index contributed by atoms with van der Waals surface area (Å²) in [4.78, 5) is 2.41. The minimum Gasteiger partial charge on any atom is -0.508 e. The summed E-state index contributed by atoms with van der Waals surface area (Å²) < 4.78 is 0. The Hall–Kier alpha value is -1.06. The average molecular weight is 234 g/mol. The Labute approximate surface area is 103 Å². The van der Waals surface area contributed by atoms with Crippen molar-refractivity contribution in [1.29, 1.82) is 0 Å². The molecule has 0 radical (unpaired) electrons. The zero-order chi connectivity index (χ0) is 12.4. The van der Waals surface area contributed by atoms with Crippen molar-refractivity contribution in [2.45, 2.75) is 32.4 Å². The fraction of sp³-hybridized carbons (Fsp3) is 0.571. The van der Waals surface area contributed by atoms with Crippen molar-refractivity contribution in [3.63, 3.8) is 0 Å². The first-order valence-electron chi connectivity index (χ1n) is 6.35. The van der Waals surface area contributed by atoms with Gasteiger partial charge >= 0.3 is 0 Å². The molecule has 1 aliphatic rings. The zero-order valence-electron chi connectivity index (χ0n) is 10.6. The third kappa shape index (κ3) is 2.99. The molecule has 0 spiro atoms. The largest absolute Gasteiger partial charge is 0.508 e. The highest BCUT2D eigenvalue weighted by Gasteiger charge is 2.26. The van der Waals surface area contributed by atoms with Crippen molar-refractivity contribution in [1.82, 2.24) is 4.90 Å². The van der Waals surface area contributed by atoms with Crippen LogP contribution in [0, 0.1) is 5.92 Å². The summed E-state index contributed by atoms with van der Waals surface area (Å²) in [5.41, 5.74) is 7.23. The van der Waals surface area contributed by atoms with Crippen molar-refractivity contribution >= 4 is 0 Å². The van der Waals surface area contributed by atoms with Crippen LogP contribution in [0.4, 0.5) is 0 Å². The van der Waals surface area contributed by atoms with E-state index in [0.717, 1.165) is 25.1 Å².